The van der Waals surface area contributed by atoms with Crippen LogP contribution in [0.4, 0.5) is 5.82 Å². The Hall–Kier alpha value is -1.69. The van der Waals surface area contributed by atoms with Crippen LogP contribution in [0.3, 0.4) is 0 Å². The van der Waals surface area contributed by atoms with Gasteiger partial charge >= 0.3 is 5.97 Å². The fourth-order valence-corrected chi connectivity index (χ4v) is 2.37. The van der Waals surface area contributed by atoms with Crippen LogP contribution in [0.1, 0.15) is 28.3 Å². The molecule has 1 aliphatic rings. The van der Waals surface area contributed by atoms with Gasteiger partial charge in [0.15, 0.2) is 0 Å². The zero-order valence-electron chi connectivity index (χ0n) is 11.8. The number of anilines is 1. The maximum absolute atomic E-state index is 11.1. The third-order valence-electron chi connectivity index (χ3n) is 3.75. The lowest BCUT2D eigenvalue weighted by Gasteiger charge is -2.22. The summed E-state index contributed by atoms with van der Waals surface area (Å²) in [6.45, 7) is 5.55. The summed E-state index contributed by atoms with van der Waals surface area (Å²) >= 11 is 0. The molecule has 1 N–H and O–H groups in total. The molecule has 0 amide bonds. The summed E-state index contributed by atoms with van der Waals surface area (Å²) < 4.78 is 0. The number of aryl methyl sites for hydroxylation is 1. The smallest absolute Gasteiger partial charge is 0.374 e. The highest BCUT2D eigenvalue weighted by molar-refractivity contribution is 5.83. The van der Waals surface area contributed by atoms with Gasteiger partial charge in [-0.05, 0) is 34.4 Å². The molecule has 1 aromatic rings. The molecule has 0 radical (unpaired) electrons. The average Bonchev–Trinajstić information content (AvgIpc) is 2.81. The van der Waals surface area contributed by atoms with Crippen molar-refractivity contribution in [3.05, 3.63) is 17.1 Å². The fourth-order valence-electron chi connectivity index (χ4n) is 2.37. The van der Waals surface area contributed by atoms with E-state index in [0.29, 0.717) is 6.04 Å². The van der Waals surface area contributed by atoms with Crippen LogP contribution in [-0.2, 0) is 0 Å². The van der Waals surface area contributed by atoms with Crippen molar-refractivity contribution < 1.29 is 9.90 Å². The van der Waals surface area contributed by atoms with E-state index in [1.165, 1.54) is 0 Å². The molecule has 2 rings (SSSR count). The predicted octanol–water partition coefficient (Wildman–Crippen LogP) is 0.932. The van der Waals surface area contributed by atoms with E-state index in [1.54, 1.807) is 0 Å². The maximum atomic E-state index is 11.1. The predicted molar refractivity (Wildman–Crippen MR) is 72.8 cm³/mol. The van der Waals surface area contributed by atoms with Gasteiger partial charge in [-0.1, -0.05) is 0 Å². The molecule has 1 fully saturated rings. The van der Waals surface area contributed by atoms with E-state index < -0.39 is 5.97 Å². The van der Waals surface area contributed by atoms with E-state index in [2.05, 4.69) is 33.9 Å². The molecular weight excluding hydrogens is 244 g/mol. The van der Waals surface area contributed by atoms with Crippen molar-refractivity contribution in [2.24, 2.45) is 0 Å². The van der Waals surface area contributed by atoms with Crippen molar-refractivity contribution in [2.75, 3.05) is 32.1 Å². The van der Waals surface area contributed by atoms with Crippen molar-refractivity contribution in [2.45, 2.75) is 26.3 Å². The lowest BCUT2D eigenvalue weighted by Crippen LogP contribution is -2.32. The molecule has 0 aliphatic carbocycles. The highest BCUT2D eigenvalue weighted by Crippen LogP contribution is 2.25. The second-order valence-electron chi connectivity index (χ2n) is 5.24. The first kappa shape index (κ1) is 13.7. The Morgan fingerprint density at radius 2 is 2.05 bits per heavy atom. The molecule has 104 valence electrons. The van der Waals surface area contributed by atoms with E-state index in [9.17, 15) is 4.79 Å². The quantitative estimate of drug-likeness (QED) is 0.876. The van der Waals surface area contributed by atoms with Gasteiger partial charge in [-0.15, -0.1) is 0 Å². The number of hydrogen-bond acceptors (Lipinski definition) is 5. The summed E-state index contributed by atoms with van der Waals surface area (Å²) in [4.78, 5) is 23.6. The number of aromatic carboxylic acids is 1. The number of likely N-dealkylation sites (N-methyl/N-ethyl adjacent to an activating group) is 1. The summed E-state index contributed by atoms with van der Waals surface area (Å²) in [7, 11) is 4.13. The van der Waals surface area contributed by atoms with E-state index in [0.717, 1.165) is 36.6 Å². The zero-order valence-corrected chi connectivity index (χ0v) is 11.8. The average molecular weight is 264 g/mol. The van der Waals surface area contributed by atoms with E-state index in [-0.39, 0.29) is 5.82 Å². The van der Waals surface area contributed by atoms with Crippen LogP contribution in [0.25, 0.3) is 0 Å². The third kappa shape index (κ3) is 2.68. The fraction of sp³-hybridized carbons (Fsp3) is 0.615. The number of rotatable bonds is 3. The molecule has 1 aromatic heterocycles. The second kappa shape index (κ2) is 5.13. The van der Waals surface area contributed by atoms with Crippen LogP contribution in [0, 0.1) is 13.8 Å². The number of carboxylic acids is 1. The third-order valence-corrected chi connectivity index (χ3v) is 3.75. The molecule has 0 aromatic carbocycles. The van der Waals surface area contributed by atoms with Crippen LogP contribution in [0.2, 0.25) is 0 Å². The molecule has 6 nitrogen and oxygen atoms in total. The Morgan fingerprint density at radius 1 is 1.37 bits per heavy atom. The topological polar surface area (TPSA) is 69.6 Å². The first-order valence-corrected chi connectivity index (χ1v) is 6.40. The summed E-state index contributed by atoms with van der Waals surface area (Å²) in [5, 5.41) is 9.06. The molecule has 0 bridgehead atoms. The molecule has 0 saturated carbocycles. The highest BCUT2D eigenvalue weighted by Gasteiger charge is 2.27. The van der Waals surface area contributed by atoms with Gasteiger partial charge in [-0.2, -0.15) is 0 Å². The van der Waals surface area contributed by atoms with E-state index in [4.69, 9.17) is 5.11 Å². The summed E-state index contributed by atoms with van der Waals surface area (Å²) in [6.07, 6.45) is 1.07. The molecule has 0 spiro atoms. The summed E-state index contributed by atoms with van der Waals surface area (Å²) in [6, 6.07) is 0.489. The lowest BCUT2D eigenvalue weighted by atomic mass is 10.2. The summed E-state index contributed by atoms with van der Waals surface area (Å²) in [5.41, 5.74) is 1.69. The van der Waals surface area contributed by atoms with Crippen molar-refractivity contribution in [1.29, 1.82) is 0 Å². The molecule has 2 heterocycles. The first-order chi connectivity index (χ1) is 8.90. The van der Waals surface area contributed by atoms with Gasteiger partial charge in [-0.25, -0.2) is 14.8 Å². The Bertz CT molecular complexity index is 502. The van der Waals surface area contributed by atoms with Crippen LogP contribution in [0.15, 0.2) is 0 Å². The van der Waals surface area contributed by atoms with Crippen LogP contribution in [0.5, 0.6) is 0 Å². The van der Waals surface area contributed by atoms with Gasteiger partial charge in [0.25, 0.3) is 0 Å². The van der Waals surface area contributed by atoms with E-state index >= 15 is 0 Å². The Morgan fingerprint density at radius 3 is 2.58 bits per heavy atom. The summed E-state index contributed by atoms with van der Waals surface area (Å²) in [5.74, 6) is -0.437. The molecule has 6 heteroatoms. The van der Waals surface area contributed by atoms with Gasteiger partial charge in [-0.3, -0.25) is 0 Å². The van der Waals surface area contributed by atoms with Gasteiger partial charge in [0, 0.05) is 30.4 Å². The van der Waals surface area contributed by atoms with Crippen LogP contribution < -0.4 is 4.90 Å². The molecule has 19 heavy (non-hydrogen) atoms. The van der Waals surface area contributed by atoms with Crippen molar-refractivity contribution in [1.82, 2.24) is 14.9 Å². The minimum absolute atomic E-state index is 0.119. The van der Waals surface area contributed by atoms with Gasteiger partial charge in [0.2, 0.25) is 5.82 Å². The van der Waals surface area contributed by atoms with Crippen molar-refractivity contribution in [3.8, 4) is 0 Å². The Labute approximate surface area is 113 Å². The molecule has 1 atom stereocenters. The number of nitrogens with zero attached hydrogens (tertiary/aromatic N) is 4. The number of carboxylic acid groups (broad SMARTS) is 1. The molecule has 1 unspecified atom stereocenters. The Balaban J connectivity index is 2.32. The minimum atomic E-state index is -1.08. The van der Waals surface area contributed by atoms with Crippen molar-refractivity contribution >= 4 is 11.8 Å². The zero-order chi connectivity index (χ0) is 14.2. The molecule has 1 saturated heterocycles. The van der Waals surface area contributed by atoms with Crippen molar-refractivity contribution in [3.63, 3.8) is 0 Å². The molecule has 1 aliphatic heterocycles. The lowest BCUT2D eigenvalue weighted by molar-refractivity contribution is 0.0683. The number of aromatic nitrogens is 2. The van der Waals surface area contributed by atoms with E-state index in [1.807, 2.05) is 13.8 Å². The molecular formula is C13H20N4O2. The second-order valence-corrected chi connectivity index (χ2v) is 5.24. The monoisotopic (exact) mass is 264 g/mol. The van der Waals surface area contributed by atoms with Gasteiger partial charge in [0.05, 0.1) is 0 Å². The maximum Gasteiger partial charge on any atom is 0.374 e. The highest BCUT2D eigenvalue weighted by atomic mass is 16.4. The normalized spacial score (nSPS) is 19.2. The first-order valence-electron chi connectivity index (χ1n) is 6.40. The van der Waals surface area contributed by atoms with Crippen LogP contribution >= 0.6 is 0 Å². The number of carbonyl (C=O) groups is 1. The SMILES string of the molecule is Cc1nc(C(=O)O)nc(N2CCC(N(C)C)C2)c1C. The number of hydrogen-bond donors (Lipinski definition) is 1. The van der Waals surface area contributed by atoms with Gasteiger partial charge in [0.1, 0.15) is 5.82 Å². The van der Waals surface area contributed by atoms with Crippen LogP contribution in [-0.4, -0.2) is 59.2 Å². The standard InChI is InChI=1S/C13H20N4O2/c1-8-9(2)14-11(13(18)19)15-12(8)17-6-5-10(7-17)16(3)4/h10H,5-7H2,1-4H3,(H,18,19). The Kier molecular flexibility index (Phi) is 3.71. The van der Waals surface area contributed by atoms with Gasteiger partial charge < -0.3 is 14.9 Å². The minimum Gasteiger partial charge on any atom is -0.475 e. The largest absolute Gasteiger partial charge is 0.475 e.